The van der Waals surface area contributed by atoms with Crippen LogP contribution >= 0.6 is 0 Å². The largest absolute Gasteiger partial charge is 0.496 e. The van der Waals surface area contributed by atoms with Crippen LogP contribution in [-0.4, -0.2) is 7.11 Å². The number of benzene rings is 1. The first-order valence-electron chi connectivity index (χ1n) is 4.72. The molecule has 0 radical (unpaired) electrons. The van der Waals surface area contributed by atoms with E-state index in [1.165, 1.54) is 7.11 Å². The first-order valence-corrected chi connectivity index (χ1v) is 4.72. The third-order valence-corrected chi connectivity index (χ3v) is 2.21. The van der Waals surface area contributed by atoms with Crippen LogP contribution in [0.15, 0.2) is 12.1 Å². The van der Waals surface area contributed by atoms with Gasteiger partial charge in [0.05, 0.1) is 12.7 Å². The van der Waals surface area contributed by atoms with Crippen molar-refractivity contribution in [3.8, 4) is 5.75 Å². The van der Waals surface area contributed by atoms with Crippen molar-refractivity contribution in [2.24, 2.45) is 0 Å². The summed E-state index contributed by atoms with van der Waals surface area (Å²) < 4.78 is 55.8. The first kappa shape index (κ1) is 12.8. The highest BCUT2D eigenvalue weighted by atomic mass is 19.4. The van der Waals surface area contributed by atoms with Crippen LogP contribution in [0.25, 0.3) is 0 Å². The fourth-order valence-corrected chi connectivity index (χ4v) is 1.59. The zero-order chi connectivity index (χ0) is 12.5. The fourth-order valence-electron chi connectivity index (χ4n) is 1.59. The van der Waals surface area contributed by atoms with Crippen LogP contribution in [0.5, 0.6) is 5.75 Å². The lowest BCUT2D eigenvalue weighted by Crippen LogP contribution is -2.12. The van der Waals surface area contributed by atoms with Crippen molar-refractivity contribution in [1.29, 1.82) is 0 Å². The second-order valence-corrected chi connectivity index (χ2v) is 3.72. The molecule has 90 valence electrons. The van der Waals surface area contributed by atoms with Gasteiger partial charge in [-0.2, -0.15) is 13.2 Å². The summed E-state index contributed by atoms with van der Waals surface area (Å²) in [6.45, 7) is 3.20. The molecule has 0 saturated heterocycles. The molecular weight excluding hydrogens is 224 g/mol. The molecule has 1 rings (SSSR count). The van der Waals surface area contributed by atoms with E-state index < -0.39 is 23.5 Å². The van der Waals surface area contributed by atoms with Crippen LogP contribution in [-0.2, 0) is 6.18 Å². The van der Waals surface area contributed by atoms with Crippen LogP contribution in [0.4, 0.5) is 17.6 Å². The zero-order valence-electron chi connectivity index (χ0n) is 9.15. The second-order valence-electron chi connectivity index (χ2n) is 3.72. The van der Waals surface area contributed by atoms with Crippen molar-refractivity contribution >= 4 is 0 Å². The molecule has 0 spiro atoms. The van der Waals surface area contributed by atoms with Gasteiger partial charge in [-0.1, -0.05) is 13.8 Å². The standard InChI is InChI=1S/C11H12F4O/c1-6(2)10-8(11(13,14)15)4-7(12)5-9(10)16-3/h4-6H,1-3H3. The van der Waals surface area contributed by atoms with E-state index in [9.17, 15) is 17.6 Å². The third-order valence-electron chi connectivity index (χ3n) is 2.21. The van der Waals surface area contributed by atoms with Gasteiger partial charge in [-0.25, -0.2) is 4.39 Å². The quantitative estimate of drug-likeness (QED) is 0.706. The van der Waals surface area contributed by atoms with E-state index in [-0.39, 0.29) is 11.3 Å². The average Bonchev–Trinajstić information content (AvgIpc) is 2.14. The Balaban J connectivity index is 3.51. The Morgan fingerprint density at radius 1 is 1.19 bits per heavy atom. The van der Waals surface area contributed by atoms with Crippen LogP contribution in [0.1, 0.15) is 30.9 Å². The molecular formula is C11H12F4O. The molecule has 0 aliphatic heterocycles. The summed E-state index contributed by atoms with van der Waals surface area (Å²) in [6, 6.07) is 1.46. The minimum absolute atomic E-state index is 0.0172. The van der Waals surface area contributed by atoms with E-state index in [4.69, 9.17) is 4.74 Å². The Bertz CT molecular complexity index is 382. The molecule has 0 atom stereocenters. The Morgan fingerprint density at radius 3 is 2.12 bits per heavy atom. The number of hydrogen-bond acceptors (Lipinski definition) is 1. The summed E-state index contributed by atoms with van der Waals surface area (Å²) >= 11 is 0. The maximum Gasteiger partial charge on any atom is 0.416 e. The molecule has 1 nitrogen and oxygen atoms in total. The van der Waals surface area contributed by atoms with Gasteiger partial charge in [-0.05, 0) is 12.0 Å². The smallest absolute Gasteiger partial charge is 0.416 e. The van der Waals surface area contributed by atoms with Crippen LogP contribution in [0, 0.1) is 5.82 Å². The topological polar surface area (TPSA) is 9.23 Å². The highest BCUT2D eigenvalue weighted by molar-refractivity contribution is 5.44. The van der Waals surface area contributed by atoms with Gasteiger partial charge < -0.3 is 4.74 Å². The minimum atomic E-state index is -4.57. The van der Waals surface area contributed by atoms with E-state index >= 15 is 0 Å². The third kappa shape index (κ3) is 2.46. The molecule has 0 aliphatic rings. The fraction of sp³-hybridized carbons (Fsp3) is 0.455. The number of alkyl halides is 3. The Kier molecular flexibility index (Phi) is 3.45. The van der Waals surface area contributed by atoms with Gasteiger partial charge in [0.1, 0.15) is 11.6 Å². The highest BCUT2D eigenvalue weighted by Gasteiger charge is 2.36. The van der Waals surface area contributed by atoms with Gasteiger partial charge in [0, 0.05) is 11.6 Å². The predicted molar refractivity (Wildman–Crippen MR) is 52.0 cm³/mol. The molecule has 0 aromatic heterocycles. The second kappa shape index (κ2) is 4.31. The maximum atomic E-state index is 13.0. The zero-order valence-corrected chi connectivity index (χ0v) is 9.15. The molecule has 5 heteroatoms. The van der Waals surface area contributed by atoms with E-state index in [0.717, 1.165) is 6.07 Å². The van der Waals surface area contributed by atoms with E-state index in [1.54, 1.807) is 13.8 Å². The summed E-state index contributed by atoms with van der Waals surface area (Å²) in [6.07, 6.45) is -4.57. The highest BCUT2D eigenvalue weighted by Crippen LogP contribution is 2.40. The lowest BCUT2D eigenvalue weighted by Gasteiger charge is -2.18. The van der Waals surface area contributed by atoms with Gasteiger partial charge in [-0.15, -0.1) is 0 Å². The van der Waals surface area contributed by atoms with E-state index in [0.29, 0.717) is 6.07 Å². The predicted octanol–water partition coefficient (Wildman–Crippen LogP) is 3.98. The Hall–Kier alpha value is -1.26. The lowest BCUT2D eigenvalue weighted by atomic mass is 9.95. The van der Waals surface area contributed by atoms with Crippen molar-refractivity contribution < 1.29 is 22.3 Å². The summed E-state index contributed by atoms with van der Waals surface area (Å²) in [5.74, 6) is -1.41. The first-order chi connectivity index (χ1) is 7.27. The molecule has 0 N–H and O–H groups in total. The van der Waals surface area contributed by atoms with Crippen LogP contribution < -0.4 is 4.74 Å². The molecule has 0 bridgehead atoms. The van der Waals surface area contributed by atoms with Gasteiger partial charge in [-0.3, -0.25) is 0 Å². The average molecular weight is 236 g/mol. The SMILES string of the molecule is COc1cc(F)cc(C(F)(F)F)c1C(C)C. The number of halogens is 4. The number of hydrogen-bond donors (Lipinski definition) is 0. The normalized spacial score (nSPS) is 12.0. The number of methoxy groups -OCH3 is 1. The minimum Gasteiger partial charge on any atom is -0.496 e. The maximum absolute atomic E-state index is 13.0. The summed E-state index contributed by atoms with van der Waals surface area (Å²) in [4.78, 5) is 0. The van der Waals surface area contributed by atoms with Gasteiger partial charge in [0.15, 0.2) is 0 Å². The monoisotopic (exact) mass is 236 g/mol. The van der Waals surface area contributed by atoms with Crippen molar-refractivity contribution in [3.63, 3.8) is 0 Å². The molecule has 0 saturated carbocycles. The van der Waals surface area contributed by atoms with Gasteiger partial charge >= 0.3 is 6.18 Å². The molecule has 0 fully saturated rings. The lowest BCUT2D eigenvalue weighted by molar-refractivity contribution is -0.138. The summed E-state index contributed by atoms with van der Waals surface area (Å²) in [5.41, 5.74) is -0.990. The molecule has 16 heavy (non-hydrogen) atoms. The van der Waals surface area contributed by atoms with E-state index in [1.807, 2.05) is 0 Å². The molecule has 0 unspecified atom stereocenters. The summed E-state index contributed by atoms with van der Waals surface area (Å²) in [7, 11) is 1.22. The van der Waals surface area contributed by atoms with Gasteiger partial charge in [0.2, 0.25) is 0 Å². The van der Waals surface area contributed by atoms with Gasteiger partial charge in [0.25, 0.3) is 0 Å². The molecule has 0 aliphatic carbocycles. The molecule has 0 heterocycles. The van der Waals surface area contributed by atoms with Crippen molar-refractivity contribution in [2.45, 2.75) is 25.9 Å². The Morgan fingerprint density at radius 2 is 1.75 bits per heavy atom. The molecule has 1 aromatic rings. The van der Waals surface area contributed by atoms with Crippen LogP contribution in [0.2, 0.25) is 0 Å². The van der Waals surface area contributed by atoms with Crippen molar-refractivity contribution in [2.75, 3.05) is 7.11 Å². The van der Waals surface area contributed by atoms with E-state index in [2.05, 4.69) is 0 Å². The molecule has 1 aromatic carbocycles. The number of ether oxygens (including phenoxy) is 1. The molecule has 0 amide bonds. The van der Waals surface area contributed by atoms with Crippen LogP contribution in [0.3, 0.4) is 0 Å². The van der Waals surface area contributed by atoms with Crippen molar-refractivity contribution in [1.82, 2.24) is 0 Å². The summed E-state index contributed by atoms with van der Waals surface area (Å²) in [5, 5.41) is 0. The number of rotatable bonds is 2. The van der Waals surface area contributed by atoms with Crippen molar-refractivity contribution in [3.05, 3.63) is 29.1 Å². The Labute approximate surface area is 91.0 Å².